The van der Waals surface area contributed by atoms with Gasteiger partial charge in [0.25, 0.3) is 0 Å². The van der Waals surface area contributed by atoms with Gasteiger partial charge in [-0.15, -0.1) is 0 Å². The van der Waals surface area contributed by atoms with Crippen molar-refractivity contribution < 1.29 is 14.3 Å². The molecule has 0 radical (unpaired) electrons. The standard InChI is InChI=1S/C21H16N4O3/c26-20(16-11-23-25(12-16)18-9-5-2-6-10-18)14-28-21(27)19-13-24(15-22-19)17-7-3-1-4-8-17/h1-13,15H,14H2. The molecule has 7 nitrogen and oxygen atoms in total. The van der Waals surface area contributed by atoms with Gasteiger partial charge in [0, 0.05) is 18.1 Å². The van der Waals surface area contributed by atoms with E-state index in [4.69, 9.17) is 4.74 Å². The van der Waals surface area contributed by atoms with Crippen LogP contribution in [0.15, 0.2) is 85.6 Å². The smallest absolute Gasteiger partial charge is 0.358 e. The third-order valence-electron chi connectivity index (χ3n) is 4.11. The van der Waals surface area contributed by atoms with E-state index in [2.05, 4.69) is 10.1 Å². The minimum atomic E-state index is -0.654. The molecule has 2 aromatic carbocycles. The van der Waals surface area contributed by atoms with Crippen molar-refractivity contribution in [1.82, 2.24) is 19.3 Å². The molecule has 0 saturated carbocycles. The lowest BCUT2D eigenvalue weighted by Crippen LogP contribution is -2.14. The van der Waals surface area contributed by atoms with Crippen LogP contribution >= 0.6 is 0 Å². The molecule has 0 spiro atoms. The monoisotopic (exact) mass is 372 g/mol. The Labute approximate surface area is 160 Å². The summed E-state index contributed by atoms with van der Waals surface area (Å²) >= 11 is 0. The minimum Gasteiger partial charge on any atom is -0.453 e. The van der Waals surface area contributed by atoms with Crippen LogP contribution in [-0.4, -0.2) is 37.7 Å². The summed E-state index contributed by atoms with van der Waals surface area (Å²) in [5.41, 5.74) is 2.21. The van der Waals surface area contributed by atoms with Gasteiger partial charge >= 0.3 is 5.97 Å². The zero-order valence-electron chi connectivity index (χ0n) is 14.8. The van der Waals surface area contributed by atoms with E-state index in [-0.39, 0.29) is 18.1 Å². The highest BCUT2D eigenvalue weighted by molar-refractivity contribution is 5.98. The van der Waals surface area contributed by atoms with E-state index < -0.39 is 5.97 Å². The lowest BCUT2D eigenvalue weighted by Gasteiger charge is -2.02. The predicted molar refractivity (Wildman–Crippen MR) is 102 cm³/mol. The van der Waals surface area contributed by atoms with E-state index in [9.17, 15) is 9.59 Å². The van der Waals surface area contributed by atoms with Gasteiger partial charge in [-0.25, -0.2) is 14.5 Å². The number of ether oxygens (including phenoxy) is 1. The first-order valence-corrected chi connectivity index (χ1v) is 8.60. The normalized spacial score (nSPS) is 10.6. The average Bonchev–Trinajstić information content (AvgIpc) is 3.43. The lowest BCUT2D eigenvalue weighted by atomic mass is 10.2. The zero-order chi connectivity index (χ0) is 19.3. The first-order valence-electron chi connectivity index (χ1n) is 8.60. The van der Waals surface area contributed by atoms with E-state index in [1.54, 1.807) is 21.6 Å². The van der Waals surface area contributed by atoms with Crippen LogP contribution in [-0.2, 0) is 4.74 Å². The van der Waals surface area contributed by atoms with Crippen molar-refractivity contribution in [2.75, 3.05) is 6.61 Å². The lowest BCUT2D eigenvalue weighted by molar-refractivity contribution is 0.0469. The van der Waals surface area contributed by atoms with Gasteiger partial charge in [-0.05, 0) is 24.3 Å². The van der Waals surface area contributed by atoms with E-state index in [0.29, 0.717) is 5.56 Å². The number of rotatable bonds is 6. The number of para-hydroxylation sites is 2. The van der Waals surface area contributed by atoms with E-state index in [0.717, 1.165) is 11.4 Å². The van der Waals surface area contributed by atoms with Crippen molar-refractivity contribution >= 4 is 11.8 Å². The van der Waals surface area contributed by atoms with Gasteiger partial charge < -0.3 is 9.30 Å². The molecule has 7 heteroatoms. The number of Topliss-reactive ketones (excluding diaryl/α,β-unsaturated/α-hetero) is 1. The molecule has 4 rings (SSSR count). The average molecular weight is 372 g/mol. The Hall–Kier alpha value is -4.00. The molecule has 2 aromatic heterocycles. The fraction of sp³-hybridized carbons (Fsp3) is 0.0476. The van der Waals surface area contributed by atoms with Gasteiger partial charge in [0.05, 0.1) is 17.4 Å². The van der Waals surface area contributed by atoms with Crippen LogP contribution in [0.1, 0.15) is 20.8 Å². The van der Waals surface area contributed by atoms with Crippen molar-refractivity contribution in [2.24, 2.45) is 0 Å². The minimum absolute atomic E-state index is 0.136. The molecular formula is C21H16N4O3. The number of esters is 1. The maximum Gasteiger partial charge on any atom is 0.358 e. The second kappa shape index (κ2) is 7.71. The van der Waals surface area contributed by atoms with E-state index in [1.165, 1.54) is 12.5 Å². The Bertz CT molecular complexity index is 1010. The third kappa shape index (κ3) is 3.73. The third-order valence-corrected chi connectivity index (χ3v) is 4.11. The molecule has 138 valence electrons. The summed E-state index contributed by atoms with van der Waals surface area (Å²) in [6.45, 7) is -0.377. The van der Waals surface area contributed by atoms with Crippen molar-refractivity contribution in [3.05, 3.63) is 96.8 Å². The summed E-state index contributed by atoms with van der Waals surface area (Å²) in [7, 11) is 0. The number of carbonyl (C=O) groups excluding carboxylic acids is 2. The Kier molecular flexibility index (Phi) is 4.79. The van der Waals surface area contributed by atoms with E-state index >= 15 is 0 Å². The summed E-state index contributed by atoms with van der Waals surface area (Å²) in [5.74, 6) is -0.989. The summed E-state index contributed by atoms with van der Waals surface area (Å²) in [4.78, 5) is 28.5. The largest absolute Gasteiger partial charge is 0.453 e. The topological polar surface area (TPSA) is 79.0 Å². The Balaban J connectivity index is 1.38. The Morgan fingerprint density at radius 3 is 2.29 bits per heavy atom. The fourth-order valence-electron chi connectivity index (χ4n) is 2.65. The van der Waals surface area contributed by atoms with Crippen LogP contribution < -0.4 is 0 Å². The fourth-order valence-corrected chi connectivity index (χ4v) is 2.65. The van der Waals surface area contributed by atoms with Crippen LogP contribution in [0.4, 0.5) is 0 Å². The molecule has 0 amide bonds. The highest BCUT2D eigenvalue weighted by Crippen LogP contribution is 2.10. The van der Waals surface area contributed by atoms with Crippen molar-refractivity contribution in [3.8, 4) is 11.4 Å². The summed E-state index contributed by atoms with van der Waals surface area (Å²) in [5, 5.41) is 4.17. The Morgan fingerprint density at radius 2 is 1.57 bits per heavy atom. The summed E-state index contributed by atoms with van der Waals surface area (Å²) < 4.78 is 8.41. The van der Waals surface area contributed by atoms with Gasteiger partial charge in [0.2, 0.25) is 5.78 Å². The molecule has 4 aromatic rings. The maximum absolute atomic E-state index is 12.3. The number of imidazole rings is 1. The molecule has 0 unspecified atom stereocenters. The second-order valence-corrected chi connectivity index (χ2v) is 6.01. The molecule has 0 N–H and O–H groups in total. The zero-order valence-corrected chi connectivity index (χ0v) is 14.8. The number of carbonyl (C=O) groups is 2. The summed E-state index contributed by atoms with van der Waals surface area (Å²) in [6.07, 6.45) is 6.15. The van der Waals surface area contributed by atoms with Crippen molar-refractivity contribution in [3.63, 3.8) is 0 Å². The molecule has 0 atom stereocenters. The number of nitrogens with zero attached hydrogens (tertiary/aromatic N) is 4. The first kappa shape index (κ1) is 17.4. The molecule has 0 aliphatic rings. The predicted octanol–water partition coefficient (Wildman–Crippen LogP) is 3.10. The molecule has 0 saturated heterocycles. The highest BCUT2D eigenvalue weighted by Gasteiger charge is 2.16. The van der Waals surface area contributed by atoms with Gasteiger partial charge in [-0.3, -0.25) is 4.79 Å². The van der Waals surface area contributed by atoms with Crippen LogP contribution in [0, 0.1) is 0 Å². The number of hydrogen-bond donors (Lipinski definition) is 0. The first-order chi connectivity index (χ1) is 13.7. The highest BCUT2D eigenvalue weighted by atomic mass is 16.5. The SMILES string of the molecule is O=C(COC(=O)c1cn(-c2ccccc2)cn1)c1cnn(-c2ccccc2)c1. The van der Waals surface area contributed by atoms with Gasteiger partial charge in [-0.2, -0.15) is 5.10 Å². The van der Waals surface area contributed by atoms with Crippen LogP contribution in [0.5, 0.6) is 0 Å². The quantitative estimate of drug-likeness (QED) is 0.384. The number of ketones is 1. The molecule has 0 aliphatic heterocycles. The molecule has 0 aliphatic carbocycles. The summed E-state index contributed by atoms with van der Waals surface area (Å²) in [6, 6.07) is 18.9. The Morgan fingerprint density at radius 1 is 0.893 bits per heavy atom. The molecule has 2 heterocycles. The van der Waals surface area contributed by atoms with Crippen LogP contribution in [0.25, 0.3) is 11.4 Å². The van der Waals surface area contributed by atoms with Gasteiger partial charge in [0.1, 0.15) is 6.33 Å². The number of hydrogen-bond acceptors (Lipinski definition) is 5. The molecule has 28 heavy (non-hydrogen) atoms. The van der Waals surface area contributed by atoms with Crippen LogP contribution in [0.2, 0.25) is 0 Å². The number of aromatic nitrogens is 4. The molecule has 0 fully saturated rings. The van der Waals surface area contributed by atoms with Crippen molar-refractivity contribution in [2.45, 2.75) is 0 Å². The maximum atomic E-state index is 12.3. The molecular weight excluding hydrogens is 356 g/mol. The van der Waals surface area contributed by atoms with Crippen LogP contribution in [0.3, 0.4) is 0 Å². The van der Waals surface area contributed by atoms with E-state index in [1.807, 2.05) is 60.7 Å². The van der Waals surface area contributed by atoms with Gasteiger partial charge in [-0.1, -0.05) is 36.4 Å². The second-order valence-electron chi connectivity index (χ2n) is 6.01. The van der Waals surface area contributed by atoms with Crippen molar-refractivity contribution in [1.29, 1.82) is 0 Å². The van der Waals surface area contributed by atoms with Gasteiger partial charge in [0.15, 0.2) is 12.3 Å². The number of benzene rings is 2. The molecule has 0 bridgehead atoms.